The van der Waals surface area contributed by atoms with Gasteiger partial charge in [-0.1, -0.05) is 18.2 Å². The average molecular weight is 708 g/mol. The fourth-order valence-electron chi connectivity index (χ4n) is 6.82. The van der Waals surface area contributed by atoms with Crippen molar-refractivity contribution in [2.24, 2.45) is 19.1 Å². The Morgan fingerprint density at radius 2 is 1.88 bits per heavy atom. The summed E-state index contributed by atoms with van der Waals surface area (Å²) in [5.41, 5.74) is 11.6. The molecule has 0 aliphatic carbocycles. The van der Waals surface area contributed by atoms with Crippen LogP contribution in [-0.2, 0) is 32.0 Å². The lowest BCUT2D eigenvalue weighted by molar-refractivity contribution is -0.116. The van der Waals surface area contributed by atoms with Crippen LogP contribution in [-0.4, -0.2) is 79.3 Å². The van der Waals surface area contributed by atoms with Gasteiger partial charge in [-0.3, -0.25) is 19.4 Å². The third kappa shape index (κ3) is 6.82. The van der Waals surface area contributed by atoms with Gasteiger partial charge in [0.15, 0.2) is 29.4 Å². The Bertz CT molecular complexity index is 2120. The highest BCUT2D eigenvalue weighted by Gasteiger charge is 2.34. The molecule has 3 aliphatic heterocycles. The zero-order valence-electron chi connectivity index (χ0n) is 29.3. The highest BCUT2D eigenvalue weighted by atomic mass is 16.5. The van der Waals surface area contributed by atoms with E-state index >= 15 is 0 Å². The molecule has 2 aromatic carbocycles. The molecule has 15 heteroatoms. The number of imidazole rings is 1. The van der Waals surface area contributed by atoms with E-state index in [-0.39, 0.29) is 48.4 Å². The molecule has 0 saturated carbocycles. The summed E-state index contributed by atoms with van der Waals surface area (Å²) in [6, 6.07) is 10.6. The first-order valence-corrected chi connectivity index (χ1v) is 16.9. The van der Waals surface area contributed by atoms with Gasteiger partial charge in [0.05, 0.1) is 36.7 Å². The standard InChI is InChI=1S/C37H41N9O6/c1-21-10-26-15-39-28-14-31(30(51-4)13-27(28)36(49)46(26)16-21)52-9-5-6-33(47)41-32-20-44(3)34(42-32)35(48)40-25-12-29(43(2)19-25)37(50)45-17-22-7-8-24(38)11-23(22)18-45/h7-8,11-15,19-20,26,35,40,48H,1,5-6,9-10,16-18,38H2,2-4H3,(H,41,47)/t26-,35?/m0/s1. The van der Waals surface area contributed by atoms with Crippen LogP contribution < -0.4 is 25.8 Å². The molecule has 2 aromatic heterocycles. The maximum atomic E-state index is 13.4. The van der Waals surface area contributed by atoms with E-state index in [1.807, 2.05) is 18.2 Å². The number of rotatable bonds is 11. The molecule has 1 saturated heterocycles. The van der Waals surface area contributed by atoms with E-state index in [1.54, 1.807) is 69.8 Å². The van der Waals surface area contributed by atoms with Crippen LogP contribution in [0.1, 0.15) is 63.3 Å². The fraction of sp³-hybridized carbons (Fsp3) is 0.324. The number of hydrogen-bond acceptors (Lipinski definition) is 10. The molecule has 3 amide bonds. The number of aliphatic imine (C=N–C) groups is 1. The number of fused-ring (bicyclic) bond motifs is 3. The van der Waals surface area contributed by atoms with Crippen molar-refractivity contribution in [1.82, 2.24) is 23.9 Å². The van der Waals surface area contributed by atoms with Crippen molar-refractivity contribution in [2.45, 2.75) is 44.6 Å². The van der Waals surface area contributed by atoms with Gasteiger partial charge in [0.1, 0.15) is 5.69 Å². The molecular formula is C37H41N9O6. The van der Waals surface area contributed by atoms with Crippen LogP contribution in [0.5, 0.6) is 11.5 Å². The number of amides is 3. The van der Waals surface area contributed by atoms with E-state index in [1.165, 1.54) is 7.11 Å². The summed E-state index contributed by atoms with van der Waals surface area (Å²) in [5, 5.41) is 16.8. The van der Waals surface area contributed by atoms with Gasteiger partial charge in [-0.25, -0.2) is 4.98 Å². The quantitative estimate of drug-likeness (QED) is 0.0778. The van der Waals surface area contributed by atoms with E-state index in [0.717, 1.165) is 16.7 Å². The van der Waals surface area contributed by atoms with Gasteiger partial charge in [-0.2, -0.15) is 0 Å². The summed E-state index contributed by atoms with van der Waals surface area (Å²) in [6.45, 7) is 5.70. The van der Waals surface area contributed by atoms with Crippen molar-refractivity contribution in [2.75, 3.05) is 36.6 Å². The van der Waals surface area contributed by atoms with Crippen LogP contribution in [0.4, 0.5) is 22.9 Å². The van der Waals surface area contributed by atoms with Gasteiger partial charge < -0.3 is 49.9 Å². The zero-order chi connectivity index (χ0) is 36.7. The summed E-state index contributed by atoms with van der Waals surface area (Å²) < 4.78 is 14.8. The van der Waals surface area contributed by atoms with Crippen molar-refractivity contribution >= 4 is 46.8 Å². The molecule has 270 valence electrons. The first-order chi connectivity index (χ1) is 25.0. The number of benzene rings is 2. The number of nitrogens with one attached hydrogen (secondary N) is 2. The summed E-state index contributed by atoms with van der Waals surface area (Å²) >= 11 is 0. The highest BCUT2D eigenvalue weighted by Crippen LogP contribution is 2.38. The van der Waals surface area contributed by atoms with Crippen LogP contribution in [0.3, 0.4) is 0 Å². The molecule has 15 nitrogen and oxygen atoms in total. The molecule has 2 atom stereocenters. The SMILES string of the molecule is C=C1C[C@H]2C=Nc3cc(OCCCC(=O)Nc4cn(C)c(C(O)Nc5cc(C(=O)N6Cc7ccc(N)cc7C6)n(C)c5)n4)c(OC)cc3C(=O)N2C1. The molecule has 5 heterocycles. The molecule has 0 bridgehead atoms. The Morgan fingerprint density at radius 3 is 2.69 bits per heavy atom. The molecule has 1 unspecified atom stereocenters. The van der Waals surface area contributed by atoms with Crippen molar-refractivity contribution in [3.63, 3.8) is 0 Å². The number of hydrogen-bond donors (Lipinski definition) is 4. The Balaban J connectivity index is 0.909. The molecule has 5 N–H and O–H groups in total. The smallest absolute Gasteiger partial charge is 0.271 e. The number of aliphatic hydroxyl groups is 1. The molecule has 1 fully saturated rings. The lowest BCUT2D eigenvalue weighted by Crippen LogP contribution is -2.35. The second-order valence-corrected chi connectivity index (χ2v) is 13.3. The van der Waals surface area contributed by atoms with Gasteiger partial charge in [0.2, 0.25) is 5.91 Å². The number of aliphatic hydroxyl groups excluding tert-OH is 1. The molecule has 0 spiro atoms. The number of carbonyl (C=O) groups excluding carboxylic acids is 3. The summed E-state index contributed by atoms with van der Waals surface area (Å²) in [6.07, 6.45) is 5.10. The van der Waals surface area contributed by atoms with Crippen molar-refractivity contribution in [1.29, 1.82) is 0 Å². The predicted octanol–water partition coefficient (Wildman–Crippen LogP) is 3.89. The van der Waals surface area contributed by atoms with Gasteiger partial charge in [0, 0.05) is 70.5 Å². The minimum atomic E-state index is -1.22. The number of methoxy groups -OCH3 is 1. The van der Waals surface area contributed by atoms with Crippen LogP contribution in [0.15, 0.2) is 65.9 Å². The summed E-state index contributed by atoms with van der Waals surface area (Å²) in [4.78, 5) is 51.8. The van der Waals surface area contributed by atoms with Crippen molar-refractivity contribution < 1.29 is 29.0 Å². The fourth-order valence-corrected chi connectivity index (χ4v) is 6.82. The number of ether oxygens (including phenoxy) is 2. The van der Waals surface area contributed by atoms with Gasteiger partial charge in [-0.05, 0) is 48.2 Å². The highest BCUT2D eigenvalue weighted by molar-refractivity contribution is 6.04. The van der Waals surface area contributed by atoms with Crippen molar-refractivity contribution in [3.05, 3.63) is 89.2 Å². The second-order valence-electron chi connectivity index (χ2n) is 13.3. The topological polar surface area (TPSA) is 182 Å². The largest absolute Gasteiger partial charge is 0.493 e. The van der Waals surface area contributed by atoms with Crippen LogP contribution >= 0.6 is 0 Å². The lowest BCUT2D eigenvalue weighted by atomic mass is 10.1. The Hall–Kier alpha value is -6.09. The van der Waals surface area contributed by atoms with E-state index in [2.05, 4.69) is 27.2 Å². The molecule has 3 aliphatic rings. The molecule has 52 heavy (non-hydrogen) atoms. The number of aromatic nitrogens is 3. The van der Waals surface area contributed by atoms with E-state index in [0.29, 0.717) is 72.3 Å². The first kappa shape index (κ1) is 34.4. The average Bonchev–Trinajstić information content (AvgIpc) is 3.88. The molecule has 7 rings (SSSR count). The molecule has 4 aromatic rings. The Kier molecular flexibility index (Phi) is 9.19. The third-order valence-corrected chi connectivity index (χ3v) is 9.45. The number of carbonyl (C=O) groups is 3. The number of aryl methyl sites for hydroxylation is 2. The van der Waals surface area contributed by atoms with E-state index < -0.39 is 6.23 Å². The normalized spacial score (nSPS) is 16.7. The van der Waals surface area contributed by atoms with Crippen molar-refractivity contribution in [3.8, 4) is 11.5 Å². The van der Waals surface area contributed by atoms with Gasteiger partial charge >= 0.3 is 0 Å². The monoisotopic (exact) mass is 707 g/mol. The number of anilines is 3. The lowest BCUT2D eigenvalue weighted by Gasteiger charge is -2.20. The number of nitrogens with two attached hydrogens (primary N) is 1. The van der Waals surface area contributed by atoms with Crippen LogP contribution in [0, 0.1) is 0 Å². The first-order valence-electron chi connectivity index (χ1n) is 16.9. The molecule has 0 radical (unpaired) electrons. The third-order valence-electron chi connectivity index (χ3n) is 9.45. The number of nitrogens with zero attached hydrogens (tertiary/aromatic N) is 6. The van der Waals surface area contributed by atoms with E-state index in [4.69, 9.17) is 15.2 Å². The summed E-state index contributed by atoms with van der Waals surface area (Å²) in [5.74, 6) is 0.832. The van der Waals surface area contributed by atoms with Crippen LogP contribution in [0.2, 0.25) is 0 Å². The summed E-state index contributed by atoms with van der Waals surface area (Å²) in [7, 11) is 4.98. The van der Waals surface area contributed by atoms with Gasteiger partial charge in [0.25, 0.3) is 11.8 Å². The second kappa shape index (κ2) is 13.9. The Morgan fingerprint density at radius 1 is 1.08 bits per heavy atom. The number of nitrogen functional groups attached to an aromatic ring is 1. The minimum absolute atomic E-state index is 0.119. The zero-order valence-corrected chi connectivity index (χ0v) is 29.3. The minimum Gasteiger partial charge on any atom is -0.493 e. The predicted molar refractivity (Wildman–Crippen MR) is 195 cm³/mol. The van der Waals surface area contributed by atoms with Gasteiger partial charge in [-0.15, -0.1) is 0 Å². The maximum absolute atomic E-state index is 13.4. The van der Waals surface area contributed by atoms with E-state index in [9.17, 15) is 19.5 Å². The van der Waals surface area contributed by atoms with Crippen LogP contribution in [0.25, 0.3) is 0 Å². The maximum Gasteiger partial charge on any atom is 0.271 e. The molecular weight excluding hydrogens is 666 g/mol. The Labute approximate surface area is 300 Å².